The van der Waals surface area contributed by atoms with E-state index < -0.39 is 0 Å². The predicted molar refractivity (Wildman–Crippen MR) is 109 cm³/mol. The molecule has 0 amide bonds. The van der Waals surface area contributed by atoms with Gasteiger partial charge in [0.2, 0.25) is 0 Å². The van der Waals surface area contributed by atoms with Crippen LogP contribution in [0.1, 0.15) is 11.1 Å². The number of hydrogen-bond acceptors (Lipinski definition) is 3. The molecular weight excluding hydrogens is 338 g/mol. The zero-order valence-electron chi connectivity index (χ0n) is 14.7. The van der Waals surface area contributed by atoms with Crippen LogP contribution in [0.2, 0.25) is 0 Å². The van der Waals surface area contributed by atoms with Crippen molar-refractivity contribution in [3.05, 3.63) is 102 Å². The molecule has 0 aromatic heterocycles. The first-order valence-corrected chi connectivity index (χ1v) is 9.79. The summed E-state index contributed by atoms with van der Waals surface area (Å²) < 4.78 is 0. The van der Waals surface area contributed by atoms with Gasteiger partial charge >= 0.3 is 0 Å². The molecule has 0 radical (unpaired) electrons. The normalized spacial score (nSPS) is 12.0. The molecule has 3 heteroatoms. The van der Waals surface area contributed by atoms with Gasteiger partial charge < -0.3 is 4.79 Å². The summed E-state index contributed by atoms with van der Waals surface area (Å²) in [5, 5.41) is 0. The van der Waals surface area contributed by atoms with Crippen molar-refractivity contribution >= 4 is 18.0 Å². The molecule has 0 aliphatic carbocycles. The fourth-order valence-electron chi connectivity index (χ4n) is 2.86. The van der Waals surface area contributed by atoms with Crippen LogP contribution in [0.5, 0.6) is 0 Å². The molecule has 0 spiro atoms. The molecule has 3 rings (SSSR count). The summed E-state index contributed by atoms with van der Waals surface area (Å²) in [7, 11) is 0. The molecule has 0 fully saturated rings. The van der Waals surface area contributed by atoms with Crippen molar-refractivity contribution in [3.63, 3.8) is 0 Å². The lowest BCUT2D eigenvalue weighted by Crippen LogP contribution is -2.37. The first-order chi connectivity index (χ1) is 12.8. The molecule has 3 aromatic carbocycles. The number of aldehydes is 1. The molecule has 0 aliphatic heterocycles. The highest BCUT2D eigenvalue weighted by molar-refractivity contribution is 7.99. The van der Waals surface area contributed by atoms with Crippen molar-refractivity contribution in [1.82, 2.24) is 4.90 Å². The van der Waals surface area contributed by atoms with Crippen LogP contribution in [-0.4, -0.2) is 23.0 Å². The Morgan fingerprint density at radius 3 is 1.65 bits per heavy atom. The molecule has 0 saturated carbocycles. The van der Waals surface area contributed by atoms with Gasteiger partial charge in [0.15, 0.2) is 0 Å². The molecule has 132 valence electrons. The molecule has 2 nitrogen and oxygen atoms in total. The van der Waals surface area contributed by atoms with Crippen molar-refractivity contribution < 1.29 is 4.79 Å². The first kappa shape index (κ1) is 18.4. The third kappa shape index (κ3) is 5.58. The lowest BCUT2D eigenvalue weighted by Gasteiger charge is -2.28. The number of rotatable bonds is 9. The van der Waals surface area contributed by atoms with Gasteiger partial charge in [-0.3, -0.25) is 4.90 Å². The maximum Gasteiger partial charge on any atom is 0.137 e. The second-order valence-corrected chi connectivity index (χ2v) is 7.30. The van der Waals surface area contributed by atoms with Crippen LogP contribution in [0.4, 0.5) is 0 Å². The fraction of sp³-hybridized carbons (Fsp3) is 0.174. The number of nitrogens with zero attached hydrogens (tertiary/aromatic N) is 1. The van der Waals surface area contributed by atoms with E-state index in [1.165, 1.54) is 16.0 Å². The van der Waals surface area contributed by atoms with Crippen molar-refractivity contribution in [2.45, 2.75) is 24.0 Å². The monoisotopic (exact) mass is 361 g/mol. The smallest absolute Gasteiger partial charge is 0.137 e. The Labute approximate surface area is 159 Å². The summed E-state index contributed by atoms with van der Waals surface area (Å²) in [5.41, 5.74) is 2.44. The molecule has 0 aliphatic rings. The Hall–Kier alpha value is -2.36. The van der Waals surface area contributed by atoms with Crippen molar-refractivity contribution in [3.8, 4) is 0 Å². The average molecular weight is 362 g/mol. The second-order valence-electron chi connectivity index (χ2n) is 6.20. The van der Waals surface area contributed by atoms with Gasteiger partial charge in [-0.1, -0.05) is 78.9 Å². The molecule has 0 unspecified atom stereocenters. The first-order valence-electron chi connectivity index (χ1n) is 8.80. The number of carbonyl (C=O) groups excluding carboxylic acids is 1. The van der Waals surface area contributed by atoms with Gasteiger partial charge in [-0.05, 0) is 23.3 Å². The van der Waals surface area contributed by atoms with Gasteiger partial charge in [-0.15, -0.1) is 11.8 Å². The van der Waals surface area contributed by atoms with E-state index in [0.29, 0.717) is 0 Å². The highest BCUT2D eigenvalue weighted by Gasteiger charge is 2.19. The minimum atomic E-state index is -0.138. The lowest BCUT2D eigenvalue weighted by atomic mass is 10.1. The number of hydrogen-bond donors (Lipinski definition) is 0. The van der Waals surface area contributed by atoms with Crippen LogP contribution in [0.25, 0.3) is 0 Å². The third-order valence-corrected chi connectivity index (χ3v) is 5.36. The average Bonchev–Trinajstić information content (AvgIpc) is 2.71. The van der Waals surface area contributed by atoms with Gasteiger partial charge in [0.1, 0.15) is 6.29 Å². The van der Waals surface area contributed by atoms with Crippen LogP contribution >= 0.6 is 11.8 Å². The van der Waals surface area contributed by atoms with Crippen molar-refractivity contribution in [1.29, 1.82) is 0 Å². The molecule has 3 aromatic rings. The van der Waals surface area contributed by atoms with Gasteiger partial charge in [-0.2, -0.15) is 0 Å². The summed E-state index contributed by atoms with van der Waals surface area (Å²) in [6.45, 7) is 1.52. The number of benzene rings is 3. The van der Waals surface area contributed by atoms with Crippen LogP contribution < -0.4 is 0 Å². The maximum atomic E-state index is 11.9. The van der Waals surface area contributed by atoms with Crippen molar-refractivity contribution in [2.24, 2.45) is 0 Å². The zero-order chi connectivity index (χ0) is 18.0. The van der Waals surface area contributed by atoms with Gasteiger partial charge in [0, 0.05) is 23.7 Å². The molecule has 26 heavy (non-hydrogen) atoms. The van der Waals surface area contributed by atoms with E-state index in [0.717, 1.165) is 25.1 Å². The molecule has 1 atom stereocenters. The topological polar surface area (TPSA) is 20.3 Å². The van der Waals surface area contributed by atoms with E-state index in [1.807, 2.05) is 54.6 Å². The summed E-state index contributed by atoms with van der Waals surface area (Å²) in [6.07, 6.45) is 1.09. The molecule has 0 saturated heterocycles. The Morgan fingerprint density at radius 2 is 1.19 bits per heavy atom. The largest absolute Gasteiger partial charge is 0.302 e. The minimum absolute atomic E-state index is 0.138. The Morgan fingerprint density at radius 1 is 0.731 bits per heavy atom. The van der Waals surface area contributed by atoms with Crippen LogP contribution in [0, 0.1) is 0 Å². The number of carbonyl (C=O) groups is 1. The fourth-order valence-corrected chi connectivity index (χ4v) is 3.86. The van der Waals surface area contributed by atoms with Crippen LogP contribution in [0.3, 0.4) is 0 Å². The summed E-state index contributed by atoms with van der Waals surface area (Å²) in [4.78, 5) is 15.3. The Kier molecular flexibility index (Phi) is 7.05. The van der Waals surface area contributed by atoms with Gasteiger partial charge in [-0.25, -0.2) is 0 Å². The van der Waals surface area contributed by atoms with E-state index >= 15 is 0 Å². The van der Waals surface area contributed by atoms with E-state index in [-0.39, 0.29) is 6.04 Å². The molecule has 0 bridgehead atoms. The Bertz CT molecular complexity index is 736. The van der Waals surface area contributed by atoms with Crippen LogP contribution in [-0.2, 0) is 17.9 Å². The maximum absolute atomic E-state index is 11.9. The standard InChI is InChI=1S/C23H23NOS/c25-18-22(19-26-23-14-8-3-9-15-23)24(16-20-10-4-1-5-11-20)17-21-12-6-2-7-13-21/h1-15,18,22H,16-17,19H2/t22-/m1/s1. The SMILES string of the molecule is O=C[C@H](CSc1ccccc1)N(Cc1ccccc1)Cc1ccccc1. The number of thioether (sulfide) groups is 1. The summed E-state index contributed by atoms with van der Waals surface area (Å²) in [6, 6.07) is 30.8. The summed E-state index contributed by atoms with van der Waals surface area (Å²) >= 11 is 1.73. The van der Waals surface area contributed by atoms with E-state index in [2.05, 4.69) is 41.3 Å². The highest BCUT2D eigenvalue weighted by atomic mass is 32.2. The van der Waals surface area contributed by atoms with E-state index in [4.69, 9.17) is 0 Å². The minimum Gasteiger partial charge on any atom is -0.302 e. The molecular formula is C23H23NOS. The highest BCUT2D eigenvalue weighted by Crippen LogP contribution is 2.21. The van der Waals surface area contributed by atoms with E-state index in [1.54, 1.807) is 11.8 Å². The Balaban J connectivity index is 1.74. The second kappa shape index (κ2) is 9.95. The quantitative estimate of drug-likeness (QED) is 0.393. The van der Waals surface area contributed by atoms with Gasteiger partial charge in [0.05, 0.1) is 6.04 Å². The molecule has 0 heterocycles. The molecule has 0 N–H and O–H groups in total. The van der Waals surface area contributed by atoms with Gasteiger partial charge in [0.25, 0.3) is 0 Å². The third-order valence-electron chi connectivity index (χ3n) is 4.25. The van der Waals surface area contributed by atoms with Crippen LogP contribution in [0.15, 0.2) is 95.9 Å². The summed E-state index contributed by atoms with van der Waals surface area (Å²) in [5.74, 6) is 0.743. The predicted octanol–water partition coefficient (Wildman–Crippen LogP) is 5.05. The van der Waals surface area contributed by atoms with Crippen molar-refractivity contribution in [2.75, 3.05) is 5.75 Å². The lowest BCUT2D eigenvalue weighted by molar-refractivity contribution is -0.112. The van der Waals surface area contributed by atoms with E-state index in [9.17, 15) is 4.79 Å². The zero-order valence-corrected chi connectivity index (χ0v) is 15.5.